The lowest BCUT2D eigenvalue weighted by atomic mass is 10.1. The first kappa shape index (κ1) is 11.9. The predicted molar refractivity (Wildman–Crippen MR) is 55.2 cm³/mol. The molecule has 0 aliphatic carbocycles. The molecule has 0 radical (unpaired) electrons. The van der Waals surface area contributed by atoms with Gasteiger partial charge in [0.25, 0.3) is 0 Å². The number of azide groups is 1. The summed E-state index contributed by atoms with van der Waals surface area (Å²) in [6, 6.07) is 0. The van der Waals surface area contributed by atoms with Crippen LogP contribution >= 0.6 is 0 Å². The Bertz CT molecular complexity index is 206. The van der Waals surface area contributed by atoms with E-state index in [0.29, 0.717) is 13.0 Å². The maximum atomic E-state index is 7.98. The monoisotopic (exact) mass is 179 g/mol. The molecule has 0 aliphatic heterocycles. The number of rotatable bonds is 6. The van der Waals surface area contributed by atoms with E-state index in [9.17, 15) is 0 Å². The second-order valence-corrected chi connectivity index (χ2v) is 2.87. The smallest absolute Gasteiger partial charge is 0.0367 e. The highest BCUT2D eigenvalue weighted by molar-refractivity contribution is 4.98. The summed E-state index contributed by atoms with van der Waals surface area (Å²) in [4.78, 5) is 2.65. The molecule has 0 bridgehead atoms. The Morgan fingerprint density at radius 3 is 2.62 bits per heavy atom. The first-order chi connectivity index (χ1) is 6.41. The van der Waals surface area contributed by atoms with Crippen molar-refractivity contribution in [2.45, 2.75) is 45.4 Å². The normalized spacial score (nSPS) is 8.38. The summed E-state index contributed by atoms with van der Waals surface area (Å²) in [7, 11) is 0. The number of nitrogens with zero attached hydrogens (tertiary/aromatic N) is 3. The molecule has 0 fully saturated rings. The van der Waals surface area contributed by atoms with Gasteiger partial charge in [0.15, 0.2) is 0 Å². The van der Waals surface area contributed by atoms with Crippen LogP contribution in [-0.4, -0.2) is 6.54 Å². The van der Waals surface area contributed by atoms with E-state index in [4.69, 9.17) is 5.53 Å². The van der Waals surface area contributed by atoms with Crippen LogP contribution in [0.15, 0.2) is 5.11 Å². The maximum Gasteiger partial charge on any atom is 0.0367 e. The van der Waals surface area contributed by atoms with E-state index < -0.39 is 0 Å². The third kappa shape index (κ3) is 10.9. The van der Waals surface area contributed by atoms with Gasteiger partial charge in [-0.25, -0.2) is 0 Å². The summed E-state index contributed by atoms with van der Waals surface area (Å²) in [5.41, 5.74) is 7.98. The van der Waals surface area contributed by atoms with Gasteiger partial charge in [0, 0.05) is 24.3 Å². The molecular weight excluding hydrogens is 162 g/mol. The number of hydrogen-bond donors (Lipinski definition) is 0. The number of unbranched alkanes of at least 4 members (excludes halogenated alkanes) is 4. The van der Waals surface area contributed by atoms with Crippen LogP contribution in [-0.2, 0) is 0 Å². The zero-order valence-electron chi connectivity index (χ0n) is 8.29. The Morgan fingerprint density at radius 2 is 1.92 bits per heavy atom. The Morgan fingerprint density at radius 1 is 1.15 bits per heavy atom. The molecule has 0 amide bonds. The third-order valence-electron chi connectivity index (χ3n) is 1.68. The summed E-state index contributed by atoms with van der Waals surface area (Å²) in [6.45, 7) is 2.70. The molecule has 0 aromatic rings. The summed E-state index contributed by atoms with van der Waals surface area (Å²) in [5, 5.41) is 3.40. The predicted octanol–water partition coefficient (Wildman–Crippen LogP) is 3.66. The first-order valence-electron chi connectivity index (χ1n) is 4.88. The van der Waals surface area contributed by atoms with Crippen molar-refractivity contribution in [3.05, 3.63) is 10.4 Å². The maximum absolute atomic E-state index is 7.98. The molecule has 0 saturated carbocycles. The molecular formula is C10H17N3. The van der Waals surface area contributed by atoms with Crippen molar-refractivity contribution in [2.24, 2.45) is 5.11 Å². The van der Waals surface area contributed by atoms with Crippen LogP contribution in [0, 0.1) is 11.8 Å². The molecule has 0 atom stereocenters. The van der Waals surface area contributed by atoms with Gasteiger partial charge in [0.2, 0.25) is 0 Å². The SMILES string of the molecule is CCCCCCC#CCCN=[N+]=[N-]. The first-order valence-corrected chi connectivity index (χ1v) is 4.88. The minimum atomic E-state index is 0.498. The van der Waals surface area contributed by atoms with E-state index in [2.05, 4.69) is 28.8 Å². The van der Waals surface area contributed by atoms with Crippen LogP contribution in [0.4, 0.5) is 0 Å². The topological polar surface area (TPSA) is 48.8 Å². The van der Waals surface area contributed by atoms with Crippen LogP contribution in [0.2, 0.25) is 0 Å². The summed E-state index contributed by atoms with van der Waals surface area (Å²) in [6.07, 6.45) is 6.72. The van der Waals surface area contributed by atoms with Gasteiger partial charge in [-0.05, 0) is 12.0 Å². The molecule has 0 aliphatic rings. The minimum absolute atomic E-state index is 0.498. The standard InChI is InChI=1S/C10H17N3/c1-2-3-4-5-6-7-8-9-10-12-13-11/h2-6,9-10H2,1H3. The van der Waals surface area contributed by atoms with Gasteiger partial charge in [0.1, 0.15) is 0 Å². The van der Waals surface area contributed by atoms with E-state index in [0.717, 1.165) is 6.42 Å². The van der Waals surface area contributed by atoms with Gasteiger partial charge >= 0.3 is 0 Å². The molecule has 0 saturated heterocycles. The second kappa shape index (κ2) is 10.9. The minimum Gasteiger partial charge on any atom is -0.103 e. The summed E-state index contributed by atoms with van der Waals surface area (Å²) in [5.74, 6) is 6.05. The zero-order chi connectivity index (χ0) is 9.78. The largest absolute Gasteiger partial charge is 0.103 e. The van der Waals surface area contributed by atoms with Crippen molar-refractivity contribution in [1.29, 1.82) is 0 Å². The van der Waals surface area contributed by atoms with Crippen LogP contribution in [0.5, 0.6) is 0 Å². The Hall–Kier alpha value is -1.13. The van der Waals surface area contributed by atoms with E-state index in [-0.39, 0.29) is 0 Å². The highest BCUT2D eigenvalue weighted by Gasteiger charge is 1.83. The number of hydrogen-bond acceptors (Lipinski definition) is 1. The second-order valence-electron chi connectivity index (χ2n) is 2.87. The molecule has 0 aromatic carbocycles. The van der Waals surface area contributed by atoms with Gasteiger partial charge in [-0.15, -0.1) is 11.8 Å². The highest BCUT2D eigenvalue weighted by Crippen LogP contribution is 2.00. The third-order valence-corrected chi connectivity index (χ3v) is 1.68. The molecule has 0 spiro atoms. The molecule has 0 unspecified atom stereocenters. The fourth-order valence-electron chi connectivity index (χ4n) is 0.968. The van der Waals surface area contributed by atoms with Gasteiger partial charge in [-0.1, -0.05) is 31.3 Å². The van der Waals surface area contributed by atoms with Gasteiger partial charge in [-0.3, -0.25) is 0 Å². The Labute approximate surface area is 80.2 Å². The van der Waals surface area contributed by atoms with E-state index in [1.807, 2.05) is 0 Å². The van der Waals surface area contributed by atoms with Crippen LogP contribution < -0.4 is 0 Å². The van der Waals surface area contributed by atoms with Crippen molar-refractivity contribution in [3.63, 3.8) is 0 Å². The van der Waals surface area contributed by atoms with Crippen molar-refractivity contribution < 1.29 is 0 Å². The fourth-order valence-corrected chi connectivity index (χ4v) is 0.968. The van der Waals surface area contributed by atoms with E-state index in [1.165, 1.54) is 25.7 Å². The van der Waals surface area contributed by atoms with Gasteiger partial charge < -0.3 is 0 Å². The van der Waals surface area contributed by atoms with Crippen LogP contribution in [0.25, 0.3) is 10.4 Å². The molecule has 3 nitrogen and oxygen atoms in total. The molecule has 72 valence electrons. The average Bonchev–Trinajstić information content (AvgIpc) is 2.16. The molecule has 0 heterocycles. The quantitative estimate of drug-likeness (QED) is 0.196. The van der Waals surface area contributed by atoms with E-state index in [1.54, 1.807) is 0 Å². The lowest BCUT2D eigenvalue weighted by molar-refractivity contribution is 0.679. The Kier molecular flexibility index (Phi) is 9.93. The van der Waals surface area contributed by atoms with Crippen molar-refractivity contribution in [2.75, 3.05) is 6.54 Å². The Balaban J connectivity index is 3.15. The molecule has 0 aromatic heterocycles. The van der Waals surface area contributed by atoms with E-state index >= 15 is 0 Å². The highest BCUT2D eigenvalue weighted by atomic mass is 15.1. The van der Waals surface area contributed by atoms with Crippen molar-refractivity contribution >= 4 is 0 Å². The van der Waals surface area contributed by atoms with Crippen LogP contribution in [0.3, 0.4) is 0 Å². The van der Waals surface area contributed by atoms with Gasteiger partial charge in [-0.2, -0.15) is 0 Å². The molecule has 0 N–H and O–H groups in total. The summed E-state index contributed by atoms with van der Waals surface area (Å²) < 4.78 is 0. The van der Waals surface area contributed by atoms with Crippen LogP contribution in [0.1, 0.15) is 45.4 Å². The zero-order valence-corrected chi connectivity index (χ0v) is 8.29. The average molecular weight is 179 g/mol. The van der Waals surface area contributed by atoms with Crippen molar-refractivity contribution in [1.82, 2.24) is 0 Å². The molecule has 3 heteroatoms. The summed E-state index contributed by atoms with van der Waals surface area (Å²) >= 11 is 0. The molecule has 0 rings (SSSR count). The lowest BCUT2D eigenvalue weighted by Crippen LogP contribution is -1.76. The molecule has 13 heavy (non-hydrogen) atoms. The fraction of sp³-hybridized carbons (Fsp3) is 0.800. The van der Waals surface area contributed by atoms with Gasteiger partial charge in [0.05, 0.1) is 0 Å². The van der Waals surface area contributed by atoms with Crippen molar-refractivity contribution in [3.8, 4) is 11.8 Å². The lowest BCUT2D eigenvalue weighted by Gasteiger charge is -1.91.